The van der Waals surface area contributed by atoms with E-state index in [2.05, 4.69) is 10.0 Å². The highest BCUT2D eigenvalue weighted by atomic mass is 32.2. The van der Waals surface area contributed by atoms with E-state index in [-0.39, 0.29) is 18.1 Å². The van der Waals surface area contributed by atoms with Crippen molar-refractivity contribution in [1.82, 2.24) is 0 Å². The van der Waals surface area contributed by atoms with Crippen molar-refractivity contribution in [3.8, 4) is 0 Å². The fourth-order valence-electron chi connectivity index (χ4n) is 1.45. The molecule has 0 fully saturated rings. The van der Waals surface area contributed by atoms with Crippen molar-refractivity contribution < 1.29 is 13.2 Å². The fourth-order valence-corrected chi connectivity index (χ4v) is 2.16. The van der Waals surface area contributed by atoms with Crippen LogP contribution in [0.2, 0.25) is 0 Å². The first kappa shape index (κ1) is 15.5. The van der Waals surface area contributed by atoms with Crippen LogP contribution in [-0.4, -0.2) is 26.6 Å². The van der Waals surface area contributed by atoms with Crippen LogP contribution in [0.15, 0.2) is 18.2 Å². The maximum absolute atomic E-state index is 11.5. The third kappa shape index (κ3) is 4.88. The second kappa shape index (κ2) is 6.53. The molecule has 1 rings (SSSR count). The molecule has 0 aliphatic carbocycles. The molecule has 6 nitrogen and oxygen atoms in total. The number of rotatable bonds is 6. The Morgan fingerprint density at radius 2 is 2.05 bits per heavy atom. The zero-order chi connectivity index (χ0) is 14.5. The van der Waals surface area contributed by atoms with E-state index in [0.717, 1.165) is 5.56 Å². The number of aryl methyl sites for hydroxylation is 1. The van der Waals surface area contributed by atoms with Crippen LogP contribution < -0.4 is 15.8 Å². The summed E-state index contributed by atoms with van der Waals surface area (Å²) >= 11 is 0. The van der Waals surface area contributed by atoms with Gasteiger partial charge in [0, 0.05) is 18.7 Å². The third-order valence-corrected chi connectivity index (χ3v) is 3.82. The molecule has 0 aromatic heterocycles. The molecular formula is C12H19N3O3S. The van der Waals surface area contributed by atoms with E-state index in [1.165, 1.54) is 0 Å². The largest absolute Gasteiger partial charge is 0.330 e. The van der Waals surface area contributed by atoms with Crippen LogP contribution in [-0.2, 0) is 14.8 Å². The molecule has 0 aliphatic heterocycles. The summed E-state index contributed by atoms with van der Waals surface area (Å²) < 4.78 is 25.4. The Morgan fingerprint density at radius 3 is 2.58 bits per heavy atom. The number of sulfonamides is 1. The Bertz CT molecular complexity index is 555. The molecule has 1 aromatic carbocycles. The quantitative estimate of drug-likeness (QED) is 0.727. The van der Waals surface area contributed by atoms with Crippen molar-refractivity contribution in [2.45, 2.75) is 20.3 Å². The zero-order valence-corrected chi connectivity index (χ0v) is 11.9. The van der Waals surface area contributed by atoms with Gasteiger partial charge in [-0.1, -0.05) is 0 Å². The van der Waals surface area contributed by atoms with Gasteiger partial charge in [-0.3, -0.25) is 9.52 Å². The number of nitrogens with two attached hydrogens (primary N) is 1. The summed E-state index contributed by atoms with van der Waals surface area (Å²) in [4.78, 5) is 11.4. The molecule has 0 saturated heterocycles. The molecule has 0 spiro atoms. The Morgan fingerprint density at radius 1 is 1.37 bits per heavy atom. The lowest BCUT2D eigenvalue weighted by molar-refractivity contribution is -0.116. The standard InChI is InChI=1S/C12H19N3O3S/c1-3-19(17,18)15-11-5-4-10(8-9(11)2)14-12(16)6-7-13/h4-5,8,15H,3,6-7,13H2,1-2H3,(H,14,16). The van der Waals surface area contributed by atoms with Crippen molar-refractivity contribution in [3.05, 3.63) is 23.8 Å². The minimum atomic E-state index is -3.29. The molecule has 0 atom stereocenters. The minimum Gasteiger partial charge on any atom is -0.330 e. The van der Waals surface area contributed by atoms with Crippen LogP contribution in [0.5, 0.6) is 0 Å². The van der Waals surface area contributed by atoms with Gasteiger partial charge in [-0.2, -0.15) is 0 Å². The second-order valence-corrected chi connectivity index (χ2v) is 6.13. The summed E-state index contributed by atoms with van der Waals surface area (Å²) in [7, 11) is -3.29. The van der Waals surface area contributed by atoms with Gasteiger partial charge in [-0.15, -0.1) is 0 Å². The number of nitrogens with one attached hydrogen (secondary N) is 2. The van der Waals surface area contributed by atoms with Gasteiger partial charge < -0.3 is 11.1 Å². The van der Waals surface area contributed by atoms with Gasteiger partial charge in [0.25, 0.3) is 0 Å². The first-order valence-corrected chi connectivity index (χ1v) is 7.64. The summed E-state index contributed by atoms with van der Waals surface area (Å²) in [5, 5.41) is 2.69. The van der Waals surface area contributed by atoms with E-state index in [9.17, 15) is 13.2 Å². The van der Waals surface area contributed by atoms with Crippen LogP contribution in [0.3, 0.4) is 0 Å². The van der Waals surface area contributed by atoms with Crippen molar-refractivity contribution in [1.29, 1.82) is 0 Å². The molecule has 0 unspecified atom stereocenters. The Hall–Kier alpha value is -1.60. The summed E-state index contributed by atoms with van der Waals surface area (Å²) in [6.45, 7) is 3.63. The highest BCUT2D eigenvalue weighted by molar-refractivity contribution is 7.92. The highest BCUT2D eigenvalue weighted by Gasteiger charge is 2.09. The number of hydrogen-bond acceptors (Lipinski definition) is 4. The predicted octanol–water partition coefficient (Wildman–Crippen LogP) is 1.04. The third-order valence-electron chi connectivity index (χ3n) is 2.53. The van der Waals surface area contributed by atoms with Crippen LogP contribution in [0.1, 0.15) is 18.9 Å². The molecular weight excluding hydrogens is 266 g/mol. The van der Waals surface area contributed by atoms with E-state index in [4.69, 9.17) is 5.73 Å². The van der Waals surface area contributed by atoms with Gasteiger partial charge in [0.15, 0.2) is 0 Å². The minimum absolute atomic E-state index is 0.0153. The Labute approximate surface area is 113 Å². The molecule has 7 heteroatoms. The van der Waals surface area contributed by atoms with E-state index < -0.39 is 10.0 Å². The highest BCUT2D eigenvalue weighted by Crippen LogP contribution is 2.20. The van der Waals surface area contributed by atoms with Crippen molar-refractivity contribution in [3.63, 3.8) is 0 Å². The van der Waals surface area contributed by atoms with Gasteiger partial charge in [0.1, 0.15) is 0 Å². The smallest absolute Gasteiger partial charge is 0.232 e. The van der Waals surface area contributed by atoms with Crippen molar-refractivity contribution in [2.24, 2.45) is 5.73 Å². The van der Waals surface area contributed by atoms with Crippen LogP contribution in [0.25, 0.3) is 0 Å². The van der Waals surface area contributed by atoms with Gasteiger partial charge in [-0.05, 0) is 37.6 Å². The first-order chi connectivity index (χ1) is 8.88. The summed E-state index contributed by atoms with van der Waals surface area (Å²) in [6, 6.07) is 4.98. The lowest BCUT2D eigenvalue weighted by Crippen LogP contribution is -2.17. The monoisotopic (exact) mass is 285 g/mol. The molecule has 19 heavy (non-hydrogen) atoms. The number of carbonyl (C=O) groups is 1. The average Bonchev–Trinajstić information content (AvgIpc) is 2.33. The Kier molecular flexibility index (Phi) is 5.31. The van der Waals surface area contributed by atoms with Gasteiger partial charge in [0.05, 0.1) is 11.4 Å². The van der Waals surface area contributed by atoms with E-state index in [1.54, 1.807) is 32.0 Å². The van der Waals surface area contributed by atoms with Gasteiger partial charge >= 0.3 is 0 Å². The van der Waals surface area contributed by atoms with Crippen LogP contribution in [0.4, 0.5) is 11.4 Å². The Balaban J connectivity index is 2.83. The number of benzene rings is 1. The van der Waals surface area contributed by atoms with Gasteiger partial charge in [0.2, 0.25) is 15.9 Å². The van der Waals surface area contributed by atoms with E-state index in [1.807, 2.05) is 0 Å². The molecule has 106 valence electrons. The first-order valence-electron chi connectivity index (χ1n) is 5.99. The van der Waals surface area contributed by atoms with Crippen LogP contribution in [0, 0.1) is 6.92 Å². The summed E-state index contributed by atoms with van der Waals surface area (Å²) in [5.74, 6) is -0.148. The van der Waals surface area contributed by atoms with Crippen molar-refractivity contribution >= 4 is 27.3 Å². The maximum Gasteiger partial charge on any atom is 0.232 e. The predicted molar refractivity (Wildman–Crippen MR) is 76.6 cm³/mol. The molecule has 0 bridgehead atoms. The topological polar surface area (TPSA) is 101 Å². The number of hydrogen-bond donors (Lipinski definition) is 3. The zero-order valence-electron chi connectivity index (χ0n) is 11.1. The number of amides is 1. The molecule has 0 aliphatic rings. The summed E-state index contributed by atoms with van der Waals surface area (Å²) in [5.41, 5.74) is 7.16. The molecule has 4 N–H and O–H groups in total. The lowest BCUT2D eigenvalue weighted by atomic mass is 10.2. The summed E-state index contributed by atoms with van der Waals surface area (Å²) in [6.07, 6.45) is 0.253. The van der Waals surface area contributed by atoms with Gasteiger partial charge in [-0.25, -0.2) is 8.42 Å². The maximum atomic E-state index is 11.5. The average molecular weight is 285 g/mol. The van der Waals surface area contributed by atoms with Crippen LogP contribution >= 0.6 is 0 Å². The SMILES string of the molecule is CCS(=O)(=O)Nc1ccc(NC(=O)CCN)cc1C. The number of carbonyl (C=O) groups excluding carboxylic acids is 1. The van der Waals surface area contributed by atoms with E-state index in [0.29, 0.717) is 17.9 Å². The fraction of sp³-hybridized carbons (Fsp3) is 0.417. The molecule has 0 heterocycles. The second-order valence-electron chi connectivity index (χ2n) is 4.12. The molecule has 1 amide bonds. The molecule has 1 aromatic rings. The van der Waals surface area contributed by atoms with E-state index >= 15 is 0 Å². The molecule has 0 radical (unpaired) electrons. The normalized spacial score (nSPS) is 11.1. The lowest BCUT2D eigenvalue weighted by Gasteiger charge is -2.11. The molecule has 0 saturated carbocycles. The number of anilines is 2. The van der Waals surface area contributed by atoms with Crippen molar-refractivity contribution in [2.75, 3.05) is 22.3 Å².